The Morgan fingerprint density at radius 3 is 2.94 bits per heavy atom. The minimum atomic E-state index is 0.00754. The Morgan fingerprint density at radius 2 is 2.22 bits per heavy atom. The van der Waals surface area contributed by atoms with Crippen molar-refractivity contribution >= 4 is 5.91 Å². The first kappa shape index (κ1) is 12.3. The molecule has 2 heterocycles. The van der Waals surface area contributed by atoms with Gasteiger partial charge in [0.1, 0.15) is 5.82 Å². The summed E-state index contributed by atoms with van der Waals surface area (Å²) in [5.41, 5.74) is 0.793. The molecule has 0 saturated carbocycles. The topological polar surface area (TPSA) is 70.7 Å². The van der Waals surface area contributed by atoms with E-state index < -0.39 is 0 Å². The maximum Gasteiger partial charge on any atom is 0.226 e. The average molecular weight is 244 g/mol. The lowest BCUT2D eigenvalue weighted by Crippen LogP contribution is -2.26. The number of rotatable bonds is 6. The summed E-state index contributed by atoms with van der Waals surface area (Å²) in [7, 11) is 0. The van der Waals surface area contributed by atoms with Crippen molar-refractivity contribution in [2.24, 2.45) is 0 Å². The summed E-state index contributed by atoms with van der Waals surface area (Å²) in [5.74, 6) is 0.960. The van der Waals surface area contributed by atoms with Gasteiger partial charge in [0, 0.05) is 37.3 Å². The highest BCUT2D eigenvalue weighted by Gasteiger charge is 2.03. The van der Waals surface area contributed by atoms with Gasteiger partial charge in [-0.3, -0.25) is 9.78 Å². The number of aromatic amines is 1. The largest absolute Gasteiger partial charge is 0.356 e. The molecule has 0 atom stereocenters. The standard InChI is InChI=1S/C13H16N4O/c18-13(10-11-4-1-2-6-14-11)17-7-3-5-12-15-8-9-16-12/h1-2,4,6,8-9H,3,5,7,10H2,(H,15,16)(H,17,18). The molecule has 0 aliphatic rings. The Morgan fingerprint density at radius 1 is 1.28 bits per heavy atom. The zero-order valence-electron chi connectivity index (χ0n) is 10.1. The molecule has 0 saturated heterocycles. The quantitative estimate of drug-likeness (QED) is 0.747. The van der Waals surface area contributed by atoms with Crippen molar-refractivity contribution in [1.82, 2.24) is 20.3 Å². The molecule has 18 heavy (non-hydrogen) atoms. The molecule has 1 amide bonds. The second kappa shape index (κ2) is 6.54. The van der Waals surface area contributed by atoms with Crippen LogP contribution < -0.4 is 5.32 Å². The van der Waals surface area contributed by atoms with Crippen molar-refractivity contribution in [3.63, 3.8) is 0 Å². The Kier molecular flexibility index (Phi) is 4.46. The molecular formula is C13H16N4O. The molecule has 5 heteroatoms. The molecule has 0 aliphatic carbocycles. The first-order valence-electron chi connectivity index (χ1n) is 5.99. The minimum absolute atomic E-state index is 0.00754. The fraction of sp³-hybridized carbons (Fsp3) is 0.308. The van der Waals surface area contributed by atoms with Gasteiger partial charge in [-0.2, -0.15) is 0 Å². The van der Waals surface area contributed by atoms with Crippen LogP contribution in [0.15, 0.2) is 36.8 Å². The van der Waals surface area contributed by atoms with E-state index in [-0.39, 0.29) is 5.91 Å². The normalized spacial score (nSPS) is 10.2. The molecule has 2 rings (SSSR count). The molecule has 0 radical (unpaired) electrons. The van der Waals surface area contributed by atoms with Crippen molar-refractivity contribution in [1.29, 1.82) is 0 Å². The summed E-state index contributed by atoms with van der Waals surface area (Å²) in [4.78, 5) is 22.9. The van der Waals surface area contributed by atoms with Crippen LogP contribution in [0.25, 0.3) is 0 Å². The summed E-state index contributed by atoms with van der Waals surface area (Å²) < 4.78 is 0. The molecule has 0 bridgehead atoms. The van der Waals surface area contributed by atoms with E-state index in [1.165, 1.54) is 0 Å². The number of H-pyrrole nitrogens is 1. The summed E-state index contributed by atoms with van der Waals surface area (Å²) in [5, 5.41) is 2.87. The van der Waals surface area contributed by atoms with Gasteiger partial charge in [0.2, 0.25) is 5.91 Å². The molecule has 0 unspecified atom stereocenters. The van der Waals surface area contributed by atoms with Crippen LogP contribution >= 0.6 is 0 Å². The second-order valence-electron chi connectivity index (χ2n) is 3.99. The van der Waals surface area contributed by atoms with Gasteiger partial charge in [0.25, 0.3) is 0 Å². The predicted molar refractivity (Wildman–Crippen MR) is 67.9 cm³/mol. The van der Waals surface area contributed by atoms with Gasteiger partial charge in [-0.1, -0.05) is 6.07 Å². The van der Waals surface area contributed by atoms with Gasteiger partial charge in [-0.15, -0.1) is 0 Å². The van der Waals surface area contributed by atoms with E-state index in [2.05, 4.69) is 20.3 Å². The Hall–Kier alpha value is -2.17. The summed E-state index contributed by atoms with van der Waals surface area (Å²) in [6, 6.07) is 5.57. The molecule has 2 aromatic rings. The Balaban J connectivity index is 1.63. The Bertz CT molecular complexity index is 467. The minimum Gasteiger partial charge on any atom is -0.356 e. The summed E-state index contributed by atoms with van der Waals surface area (Å²) >= 11 is 0. The fourth-order valence-electron chi connectivity index (χ4n) is 1.65. The third-order valence-electron chi connectivity index (χ3n) is 2.54. The summed E-state index contributed by atoms with van der Waals surface area (Å²) in [6.07, 6.45) is 7.28. The van der Waals surface area contributed by atoms with E-state index in [0.29, 0.717) is 13.0 Å². The highest BCUT2D eigenvalue weighted by molar-refractivity contribution is 5.77. The number of hydrogen-bond acceptors (Lipinski definition) is 3. The zero-order valence-corrected chi connectivity index (χ0v) is 10.1. The monoisotopic (exact) mass is 244 g/mol. The molecule has 0 aromatic carbocycles. The van der Waals surface area contributed by atoms with Gasteiger partial charge >= 0.3 is 0 Å². The zero-order chi connectivity index (χ0) is 12.6. The number of aromatic nitrogens is 3. The molecule has 94 valence electrons. The van der Waals surface area contributed by atoms with E-state index in [0.717, 1.165) is 24.4 Å². The molecular weight excluding hydrogens is 228 g/mol. The van der Waals surface area contributed by atoms with Gasteiger partial charge in [-0.05, 0) is 18.6 Å². The van der Waals surface area contributed by atoms with Crippen molar-refractivity contribution in [3.8, 4) is 0 Å². The van der Waals surface area contributed by atoms with Gasteiger partial charge in [-0.25, -0.2) is 4.98 Å². The number of carbonyl (C=O) groups is 1. The van der Waals surface area contributed by atoms with E-state index in [9.17, 15) is 4.79 Å². The number of carbonyl (C=O) groups excluding carboxylic acids is 1. The average Bonchev–Trinajstić information content (AvgIpc) is 2.89. The van der Waals surface area contributed by atoms with Crippen LogP contribution in [0.1, 0.15) is 17.9 Å². The predicted octanol–water partition coefficient (Wildman–Crippen LogP) is 1.10. The molecule has 2 aromatic heterocycles. The van der Waals surface area contributed by atoms with E-state index in [1.54, 1.807) is 18.6 Å². The first-order chi connectivity index (χ1) is 8.84. The number of aryl methyl sites for hydroxylation is 1. The molecule has 0 fully saturated rings. The van der Waals surface area contributed by atoms with Gasteiger partial charge < -0.3 is 10.3 Å². The highest BCUT2D eigenvalue weighted by atomic mass is 16.1. The maximum atomic E-state index is 11.6. The van der Waals surface area contributed by atoms with Gasteiger partial charge in [0.05, 0.1) is 6.42 Å². The number of pyridine rings is 1. The van der Waals surface area contributed by atoms with Crippen LogP contribution in [0.2, 0.25) is 0 Å². The molecule has 0 aliphatic heterocycles. The maximum absolute atomic E-state index is 11.6. The number of hydrogen-bond donors (Lipinski definition) is 2. The third-order valence-corrected chi connectivity index (χ3v) is 2.54. The van der Waals surface area contributed by atoms with Crippen molar-refractivity contribution in [3.05, 3.63) is 48.3 Å². The first-order valence-corrected chi connectivity index (χ1v) is 5.99. The van der Waals surface area contributed by atoms with Crippen LogP contribution in [0, 0.1) is 0 Å². The number of nitrogens with zero attached hydrogens (tertiary/aromatic N) is 2. The highest BCUT2D eigenvalue weighted by Crippen LogP contribution is 1.96. The van der Waals surface area contributed by atoms with Crippen LogP contribution in [-0.2, 0) is 17.6 Å². The van der Waals surface area contributed by atoms with Crippen LogP contribution in [0.5, 0.6) is 0 Å². The van der Waals surface area contributed by atoms with Crippen LogP contribution in [0.3, 0.4) is 0 Å². The second-order valence-corrected chi connectivity index (χ2v) is 3.99. The lowest BCUT2D eigenvalue weighted by Gasteiger charge is -2.04. The van der Waals surface area contributed by atoms with E-state index in [1.807, 2.05) is 18.2 Å². The van der Waals surface area contributed by atoms with E-state index in [4.69, 9.17) is 0 Å². The lowest BCUT2D eigenvalue weighted by molar-refractivity contribution is -0.120. The van der Waals surface area contributed by atoms with Crippen molar-refractivity contribution in [2.75, 3.05) is 6.54 Å². The van der Waals surface area contributed by atoms with Crippen molar-refractivity contribution < 1.29 is 4.79 Å². The number of imidazole rings is 1. The molecule has 0 spiro atoms. The molecule has 5 nitrogen and oxygen atoms in total. The summed E-state index contributed by atoms with van der Waals surface area (Å²) in [6.45, 7) is 0.659. The smallest absolute Gasteiger partial charge is 0.226 e. The van der Waals surface area contributed by atoms with Crippen molar-refractivity contribution in [2.45, 2.75) is 19.3 Å². The molecule has 2 N–H and O–H groups in total. The SMILES string of the molecule is O=C(Cc1ccccn1)NCCCc1ncc[nH]1. The van der Waals surface area contributed by atoms with Crippen LogP contribution in [0.4, 0.5) is 0 Å². The van der Waals surface area contributed by atoms with Crippen LogP contribution in [-0.4, -0.2) is 27.4 Å². The number of amides is 1. The van der Waals surface area contributed by atoms with E-state index >= 15 is 0 Å². The third kappa shape index (κ3) is 4.01. The number of nitrogens with one attached hydrogen (secondary N) is 2. The Labute approximate surface area is 106 Å². The van der Waals surface area contributed by atoms with Gasteiger partial charge in [0.15, 0.2) is 0 Å². The lowest BCUT2D eigenvalue weighted by atomic mass is 10.2. The fourth-order valence-corrected chi connectivity index (χ4v) is 1.65.